The van der Waals surface area contributed by atoms with Crippen LogP contribution in [0.2, 0.25) is 0 Å². The van der Waals surface area contributed by atoms with Crippen molar-refractivity contribution in [2.24, 2.45) is 5.73 Å². The average molecular weight is 342 g/mol. The van der Waals surface area contributed by atoms with Gasteiger partial charge in [-0.1, -0.05) is 12.1 Å². The molecular formula is C10H13ClINO2. The van der Waals surface area contributed by atoms with Crippen LogP contribution in [-0.2, 0) is 9.53 Å². The van der Waals surface area contributed by atoms with Crippen LogP contribution < -0.4 is 5.73 Å². The molecule has 0 saturated heterocycles. The van der Waals surface area contributed by atoms with Crippen LogP contribution in [0.15, 0.2) is 24.3 Å². The lowest BCUT2D eigenvalue weighted by molar-refractivity contribution is -0.141. The summed E-state index contributed by atoms with van der Waals surface area (Å²) in [5, 5.41) is 0. The molecule has 0 radical (unpaired) electrons. The second-order valence-corrected chi connectivity index (χ2v) is 4.19. The van der Waals surface area contributed by atoms with Gasteiger partial charge in [0.25, 0.3) is 0 Å². The van der Waals surface area contributed by atoms with E-state index in [-0.39, 0.29) is 30.8 Å². The Labute approximate surface area is 109 Å². The summed E-state index contributed by atoms with van der Waals surface area (Å²) >= 11 is 2.21. The molecule has 15 heavy (non-hydrogen) atoms. The van der Waals surface area contributed by atoms with E-state index < -0.39 is 0 Å². The van der Waals surface area contributed by atoms with Crippen LogP contribution >= 0.6 is 35.0 Å². The van der Waals surface area contributed by atoms with Gasteiger partial charge >= 0.3 is 5.97 Å². The maximum Gasteiger partial charge on any atom is 0.307 e. The zero-order chi connectivity index (χ0) is 10.6. The van der Waals surface area contributed by atoms with Crippen molar-refractivity contribution in [3.63, 3.8) is 0 Å². The fourth-order valence-electron chi connectivity index (χ4n) is 1.12. The van der Waals surface area contributed by atoms with E-state index in [0.29, 0.717) is 0 Å². The van der Waals surface area contributed by atoms with Gasteiger partial charge in [-0.2, -0.15) is 0 Å². The van der Waals surface area contributed by atoms with Gasteiger partial charge in [-0.15, -0.1) is 12.4 Å². The topological polar surface area (TPSA) is 52.3 Å². The Morgan fingerprint density at radius 2 is 2.27 bits per heavy atom. The molecule has 1 rings (SSSR count). The molecule has 0 amide bonds. The number of halogens is 2. The van der Waals surface area contributed by atoms with Crippen molar-refractivity contribution in [3.8, 4) is 0 Å². The van der Waals surface area contributed by atoms with Crippen LogP contribution in [0.3, 0.4) is 0 Å². The molecule has 0 unspecified atom stereocenters. The molecule has 5 heteroatoms. The minimum atomic E-state index is -0.281. The highest BCUT2D eigenvalue weighted by molar-refractivity contribution is 14.1. The van der Waals surface area contributed by atoms with E-state index in [2.05, 4.69) is 27.3 Å². The van der Waals surface area contributed by atoms with Gasteiger partial charge in [0.2, 0.25) is 0 Å². The van der Waals surface area contributed by atoms with E-state index >= 15 is 0 Å². The molecule has 0 spiro atoms. The van der Waals surface area contributed by atoms with Gasteiger partial charge in [0.05, 0.1) is 13.5 Å². The molecule has 0 saturated carbocycles. The average Bonchev–Trinajstić information content (AvgIpc) is 2.17. The predicted molar refractivity (Wildman–Crippen MR) is 70.0 cm³/mol. The smallest absolute Gasteiger partial charge is 0.307 e. The van der Waals surface area contributed by atoms with Crippen molar-refractivity contribution < 1.29 is 9.53 Å². The Balaban J connectivity index is 0.00000196. The molecule has 3 nitrogen and oxygen atoms in total. The number of nitrogens with two attached hydrogens (primary N) is 1. The summed E-state index contributed by atoms with van der Waals surface area (Å²) in [5.74, 6) is -0.281. The van der Waals surface area contributed by atoms with Crippen molar-refractivity contribution in [2.75, 3.05) is 7.11 Å². The number of esters is 1. The highest BCUT2D eigenvalue weighted by Gasteiger charge is 2.11. The van der Waals surface area contributed by atoms with Gasteiger partial charge < -0.3 is 10.5 Å². The Kier molecular flexibility index (Phi) is 6.87. The highest BCUT2D eigenvalue weighted by atomic mass is 127. The van der Waals surface area contributed by atoms with Crippen LogP contribution in [0.4, 0.5) is 0 Å². The molecule has 1 atom stereocenters. The molecular weight excluding hydrogens is 328 g/mol. The van der Waals surface area contributed by atoms with Crippen molar-refractivity contribution in [3.05, 3.63) is 33.4 Å². The minimum Gasteiger partial charge on any atom is -0.469 e. The van der Waals surface area contributed by atoms with Gasteiger partial charge in [-0.05, 0) is 40.3 Å². The quantitative estimate of drug-likeness (QED) is 0.678. The molecule has 0 aliphatic rings. The Morgan fingerprint density at radius 1 is 1.60 bits per heavy atom. The largest absolute Gasteiger partial charge is 0.469 e. The molecule has 84 valence electrons. The van der Waals surface area contributed by atoms with E-state index in [9.17, 15) is 4.79 Å². The number of ether oxygens (including phenoxy) is 1. The molecule has 0 fully saturated rings. The van der Waals surface area contributed by atoms with E-state index in [1.54, 1.807) is 0 Å². The maximum absolute atomic E-state index is 11.0. The zero-order valence-corrected chi connectivity index (χ0v) is 11.2. The van der Waals surface area contributed by atoms with E-state index in [4.69, 9.17) is 5.73 Å². The first kappa shape index (κ1) is 14.7. The first-order valence-electron chi connectivity index (χ1n) is 4.21. The maximum atomic E-state index is 11.0. The van der Waals surface area contributed by atoms with Crippen LogP contribution in [0.5, 0.6) is 0 Å². The van der Waals surface area contributed by atoms with E-state index in [1.807, 2.05) is 24.3 Å². The van der Waals surface area contributed by atoms with Crippen molar-refractivity contribution >= 4 is 41.0 Å². The fraction of sp³-hybridized carbons (Fsp3) is 0.300. The first-order chi connectivity index (χ1) is 6.63. The summed E-state index contributed by atoms with van der Waals surface area (Å²) in [4.78, 5) is 11.0. The molecule has 2 N–H and O–H groups in total. The van der Waals surface area contributed by atoms with Crippen LogP contribution in [0.25, 0.3) is 0 Å². The summed E-state index contributed by atoms with van der Waals surface area (Å²) < 4.78 is 5.66. The summed E-state index contributed by atoms with van der Waals surface area (Å²) in [6.07, 6.45) is 0.219. The van der Waals surface area contributed by atoms with Crippen molar-refractivity contribution in [1.82, 2.24) is 0 Å². The standard InChI is InChI=1S/C10H12INO2.ClH/c1-14-10(13)6-9(12)7-3-2-4-8(11)5-7;/h2-5,9H,6,12H2,1H3;1H/t9-;/m0./s1. The lowest BCUT2D eigenvalue weighted by atomic mass is 10.1. The van der Waals surface area contributed by atoms with Crippen molar-refractivity contribution in [1.29, 1.82) is 0 Å². The lowest BCUT2D eigenvalue weighted by Gasteiger charge is -2.10. The molecule has 0 aliphatic carbocycles. The van der Waals surface area contributed by atoms with Crippen molar-refractivity contribution in [2.45, 2.75) is 12.5 Å². The number of hydrogen-bond acceptors (Lipinski definition) is 3. The van der Waals surface area contributed by atoms with E-state index in [1.165, 1.54) is 7.11 Å². The van der Waals surface area contributed by atoms with Gasteiger partial charge in [-0.3, -0.25) is 4.79 Å². The molecule has 1 aromatic rings. The zero-order valence-electron chi connectivity index (χ0n) is 8.27. The van der Waals surface area contributed by atoms with Gasteiger partial charge in [0, 0.05) is 9.61 Å². The number of methoxy groups -OCH3 is 1. The number of rotatable bonds is 3. The summed E-state index contributed by atoms with van der Waals surface area (Å²) in [6.45, 7) is 0. The van der Waals surface area contributed by atoms with Gasteiger partial charge in [-0.25, -0.2) is 0 Å². The number of carbonyl (C=O) groups is 1. The molecule has 0 bridgehead atoms. The Morgan fingerprint density at radius 3 is 2.80 bits per heavy atom. The van der Waals surface area contributed by atoms with Gasteiger partial charge in [0.1, 0.15) is 0 Å². The summed E-state index contributed by atoms with van der Waals surface area (Å²) in [5.41, 5.74) is 6.80. The summed E-state index contributed by atoms with van der Waals surface area (Å²) in [6, 6.07) is 7.50. The van der Waals surface area contributed by atoms with E-state index in [0.717, 1.165) is 9.13 Å². The third kappa shape index (κ3) is 4.81. The SMILES string of the molecule is COC(=O)C[C@H](N)c1cccc(I)c1.Cl. The third-order valence-corrected chi connectivity index (χ3v) is 2.56. The molecule has 1 aromatic carbocycles. The van der Waals surface area contributed by atoms with Crippen LogP contribution in [0, 0.1) is 3.57 Å². The van der Waals surface area contributed by atoms with Crippen LogP contribution in [-0.4, -0.2) is 13.1 Å². The first-order valence-corrected chi connectivity index (χ1v) is 5.29. The fourth-order valence-corrected chi connectivity index (χ4v) is 1.69. The second kappa shape index (κ2) is 7.03. The molecule has 0 heterocycles. The highest BCUT2D eigenvalue weighted by Crippen LogP contribution is 2.16. The predicted octanol–water partition coefficient (Wildman–Crippen LogP) is 2.28. The van der Waals surface area contributed by atoms with Gasteiger partial charge in [0.15, 0.2) is 0 Å². The molecule has 0 aliphatic heterocycles. The summed E-state index contributed by atoms with van der Waals surface area (Å²) in [7, 11) is 1.36. The number of benzene rings is 1. The monoisotopic (exact) mass is 341 g/mol. The minimum absolute atomic E-state index is 0. The number of hydrogen-bond donors (Lipinski definition) is 1. The third-order valence-electron chi connectivity index (χ3n) is 1.89. The van der Waals surface area contributed by atoms with Crippen LogP contribution in [0.1, 0.15) is 18.0 Å². The normalized spacial score (nSPS) is 11.4. The Bertz CT molecular complexity index is 333. The Hall–Kier alpha value is -0.330. The lowest BCUT2D eigenvalue weighted by Crippen LogP contribution is -2.16. The second-order valence-electron chi connectivity index (χ2n) is 2.94. The number of carbonyl (C=O) groups excluding carboxylic acids is 1. The molecule has 0 aromatic heterocycles.